The Morgan fingerprint density at radius 3 is 2.50 bits per heavy atom. The number of rotatable bonds is 4. The predicted molar refractivity (Wildman–Crippen MR) is 111 cm³/mol. The lowest BCUT2D eigenvalue weighted by molar-refractivity contribution is -0.119. The molecule has 1 unspecified atom stereocenters. The van der Waals surface area contributed by atoms with Gasteiger partial charge in [-0.15, -0.1) is 5.48 Å². The normalized spacial score (nSPS) is 16.0. The molecule has 0 spiro atoms. The number of benzene rings is 1. The van der Waals surface area contributed by atoms with Crippen LogP contribution in [-0.4, -0.2) is 32.5 Å². The Hall–Kier alpha value is -3.08. The van der Waals surface area contributed by atoms with Crippen molar-refractivity contribution in [2.75, 3.05) is 5.32 Å². The van der Waals surface area contributed by atoms with Gasteiger partial charge < -0.3 is 14.7 Å². The van der Waals surface area contributed by atoms with Gasteiger partial charge in [0.2, 0.25) is 0 Å². The number of hydrogen-bond acceptors (Lipinski definition) is 6. The van der Waals surface area contributed by atoms with Crippen molar-refractivity contribution in [1.29, 1.82) is 0 Å². The van der Waals surface area contributed by atoms with Gasteiger partial charge in [-0.25, -0.2) is 9.48 Å². The van der Waals surface area contributed by atoms with Gasteiger partial charge in [-0.05, 0) is 32.0 Å². The average molecular weight is 451 g/mol. The maximum atomic E-state index is 12.2. The Morgan fingerprint density at radius 1 is 1.20 bits per heavy atom. The molecule has 4 rings (SSSR count). The van der Waals surface area contributed by atoms with Gasteiger partial charge >= 0.3 is 6.09 Å². The molecule has 0 bridgehead atoms. The number of aromatic nitrogens is 3. The highest BCUT2D eigenvalue weighted by molar-refractivity contribution is 6.38. The summed E-state index contributed by atoms with van der Waals surface area (Å²) in [6.07, 6.45) is -0.224. The van der Waals surface area contributed by atoms with E-state index in [1.807, 2.05) is 13.8 Å². The standard InChI is InChI=1S/C18H16Cl2N6O4/c1-8(2)25-13-7-21-26(12(13)3-4-14(25)27)15-10(19)5-9(6-11(15)20)22-17(28)16-23-18(29)30-24-16/h3-8,16,24H,1-2H3,(H,22,28)(H,23,29). The van der Waals surface area contributed by atoms with Crippen molar-refractivity contribution in [2.45, 2.75) is 26.1 Å². The number of fused-ring (bicyclic) bond motifs is 1. The lowest BCUT2D eigenvalue weighted by Gasteiger charge is -2.14. The molecule has 1 fully saturated rings. The molecule has 0 aliphatic carbocycles. The summed E-state index contributed by atoms with van der Waals surface area (Å²) in [4.78, 5) is 39.9. The van der Waals surface area contributed by atoms with E-state index in [0.717, 1.165) is 0 Å². The Bertz CT molecular complexity index is 1210. The zero-order chi connectivity index (χ0) is 21.6. The van der Waals surface area contributed by atoms with Crippen molar-refractivity contribution in [3.8, 4) is 5.69 Å². The van der Waals surface area contributed by atoms with Gasteiger partial charge in [-0.2, -0.15) is 5.10 Å². The summed E-state index contributed by atoms with van der Waals surface area (Å²) in [5.74, 6) is -0.564. The van der Waals surface area contributed by atoms with Crippen LogP contribution in [0.15, 0.2) is 35.3 Å². The molecular formula is C18H16Cl2N6O4. The van der Waals surface area contributed by atoms with Gasteiger partial charge in [-0.1, -0.05) is 23.2 Å². The number of hydrogen-bond donors (Lipinski definition) is 3. The largest absolute Gasteiger partial charge is 0.427 e. The summed E-state index contributed by atoms with van der Waals surface area (Å²) in [5.41, 5.74) is 4.12. The summed E-state index contributed by atoms with van der Waals surface area (Å²) in [5, 5.41) is 9.68. The number of carbonyl (C=O) groups is 2. The first-order valence-electron chi connectivity index (χ1n) is 8.88. The third-order valence-electron chi connectivity index (χ3n) is 4.47. The first kappa shape index (κ1) is 20.2. The van der Waals surface area contributed by atoms with Crippen molar-refractivity contribution >= 4 is 51.9 Å². The van der Waals surface area contributed by atoms with Crippen molar-refractivity contribution in [3.63, 3.8) is 0 Å². The maximum absolute atomic E-state index is 12.2. The summed E-state index contributed by atoms with van der Waals surface area (Å²) in [7, 11) is 0. The summed E-state index contributed by atoms with van der Waals surface area (Å²) < 4.78 is 3.16. The number of amides is 2. The zero-order valence-electron chi connectivity index (χ0n) is 15.8. The van der Waals surface area contributed by atoms with Crippen LogP contribution in [0.5, 0.6) is 0 Å². The molecule has 10 nitrogen and oxygen atoms in total. The molecule has 2 amide bonds. The Labute approximate surface area is 179 Å². The molecular weight excluding hydrogens is 435 g/mol. The Kier molecular flexibility index (Phi) is 5.14. The minimum atomic E-state index is -1.04. The molecule has 2 aromatic heterocycles. The molecule has 1 saturated heterocycles. The molecule has 3 N–H and O–H groups in total. The summed E-state index contributed by atoms with van der Waals surface area (Å²) in [6, 6.07) is 6.06. The Morgan fingerprint density at radius 2 is 1.90 bits per heavy atom. The molecule has 0 saturated carbocycles. The number of pyridine rings is 1. The molecule has 1 atom stereocenters. The highest BCUT2D eigenvalue weighted by atomic mass is 35.5. The first-order chi connectivity index (χ1) is 14.3. The van der Waals surface area contributed by atoms with Crippen LogP contribution in [0.3, 0.4) is 0 Å². The minimum Gasteiger partial charge on any atom is -0.351 e. The van der Waals surface area contributed by atoms with Crippen LogP contribution in [0.25, 0.3) is 16.7 Å². The van der Waals surface area contributed by atoms with E-state index in [4.69, 9.17) is 23.2 Å². The van der Waals surface area contributed by atoms with Crippen LogP contribution in [-0.2, 0) is 9.63 Å². The van der Waals surface area contributed by atoms with E-state index in [1.54, 1.807) is 16.8 Å². The van der Waals surface area contributed by atoms with E-state index in [0.29, 0.717) is 22.4 Å². The molecule has 3 heterocycles. The Balaban J connectivity index is 1.71. The molecule has 1 aliphatic heterocycles. The SMILES string of the molecule is CC(C)n1c(=O)ccc2c1cnn2-c1c(Cl)cc(NC(=O)C2NOC(=O)N2)cc1Cl. The van der Waals surface area contributed by atoms with Crippen molar-refractivity contribution in [2.24, 2.45) is 0 Å². The molecule has 12 heteroatoms. The van der Waals surface area contributed by atoms with Crippen molar-refractivity contribution < 1.29 is 14.4 Å². The lowest BCUT2D eigenvalue weighted by atomic mass is 10.2. The first-order valence-corrected chi connectivity index (χ1v) is 9.64. The molecule has 156 valence electrons. The van der Waals surface area contributed by atoms with Gasteiger partial charge in [0.1, 0.15) is 5.69 Å². The topological polar surface area (TPSA) is 119 Å². The fourth-order valence-corrected chi connectivity index (χ4v) is 3.86. The average Bonchev–Trinajstić information content (AvgIpc) is 3.27. The van der Waals surface area contributed by atoms with Gasteiger partial charge in [0.15, 0.2) is 6.17 Å². The van der Waals surface area contributed by atoms with Crippen LogP contribution >= 0.6 is 23.2 Å². The zero-order valence-corrected chi connectivity index (χ0v) is 17.3. The monoisotopic (exact) mass is 450 g/mol. The van der Waals surface area contributed by atoms with Crippen LogP contribution in [0.2, 0.25) is 10.0 Å². The molecule has 1 aromatic carbocycles. The smallest absolute Gasteiger partial charge is 0.351 e. The van der Waals surface area contributed by atoms with Crippen molar-refractivity contribution in [3.05, 3.63) is 50.9 Å². The lowest BCUT2D eigenvalue weighted by Crippen LogP contribution is -2.43. The molecule has 30 heavy (non-hydrogen) atoms. The van der Waals surface area contributed by atoms with E-state index < -0.39 is 18.2 Å². The van der Waals surface area contributed by atoms with Crippen LogP contribution in [0.4, 0.5) is 10.5 Å². The van der Waals surface area contributed by atoms with Crippen LogP contribution in [0, 0.1) is 0 Å². The predicted octanol–water partition coefficient (Wildman–Crippen LogP) is 2.58. The van der Waals surface area contributed by atoms with Crippen LogP contribution in [0.1, 0.15) is 19.9 Å². The van der Waals surface area contributed by atoms with Crippen molar-refractivity contribution in [1.82, 2.24) is 25.1 Å². The molecule has 0 radical (unpaired) electrons. The number of nitrogens with one attached hydrogen (secondary N) is 3. The number of hydroxylamine groups is 1. The number of halogens is 2. The minimum absolute atomic E-state index is 0.0592. The summed E-state index contributed by atoms with van der Waals surface area (Å²) in [6.45, 7) is 3.81. The molecule has 1 aliphatic rings. The third-order valence-corrected chi connectivity index (χ3v) is 5.05. The fourth-order valence-electron chi connectivity index (χ4n) is 3.21. The van der Waals surface area contributed by atoms with E-state index in [9.17, 15) is 14.4 Å². The van der Waals surface area contributed by atoms with E-state index in [1.165, 1.54) is 22.9 Å². The van der Waals surface area contributed by atoms with Gasteiger partial charge in [0.05, 0.1) is 27.3 Å². The van der Waals surface area contributed by atoms with E-state index >= 15 is 0 Å². The van der Waals surface area contributed by atoms with Gasteiger partial charge in [0.25, 0.3) is 11.5 Å². The van der Waals surface area contributed by atoms with Gasteiger partial charge in [0, 0.05) is 17.8 Å². The highest BCUT2D eigenvalue weighted by Crippen LogP contribution is 2.34. The second-order valence-corrected chi connectivity index (χ2v) is 7.64. The number of nitrogens with zero attached hydrogens (tertiary/aromatic N) is 3. The number of carbonyl (C=O) groups excluding carboxylic acids is 2. The maximum Gasteiger partial charge on any atom is 0.427 e. The van der Waals surface area contributed by atoms with Crippen LogP contribution < -0.4 is 21.7 Å². The highest BCUT2D eigenvalue weighted by Gasteiger charge is 2.29. The second kappa shape index (κ2) is 7.63. The number of anilines is 1. The molecule has 3 aromatic rings. The van der Waals surface area contributed by atoms with E-state index in [2.05, 4.69) is 26.0 Å². The summed E-state index contributed by atoms with van der Waals surface area (Å²) >= 11 is 12.9. The quantitative estimate of drug-likeness (QED) is 0.561. The third kappa shape index (κ3) is 3.49. The fraction of sp³-hybridized carbons (Fsp3) is 0.222. The second-order valence-electron chi connectivity index (χ2n) is 6.82. The van der Waals surface area contributed by atoms with Gasteiger partial charge in [-0.3, -0.25) is 14.9 Å². The van der Waals surface area contributed by atoms with E-state index in [-0.39, 0.29) is 21.6 Å².